The van der Waals surface area contributed by atoms with Crippen molar-refractivity contribution in [1.82, 2.24) is 5.32 Å². The summed E-state index contributed by atoms with van der Waals surface area (Å²) in [6.07, 6.45) is -0.00507. The van der Waals surface area contributed by atoms with Crippen molar-refractivity contribution in [2.45, 2.75) is 25.8 Å². The Bertz CT molecular complexity index is 597. The Balaban J connectivity index is 2.29. The number of carbonyl (C=O) groups is 3. The van der Waals surface area contributed by atoms with E-state index in [0.717, 1.165) is 3.79 Å². The van der Waals surface area contributed by atoms with E-state index in [1.165, 1.54) is 11.3 Å². The van der Waals surface area contributed by atoms with E-state index in [0.29, 0.717) is 9.90 Å². The number of piperidine rings is 1. The van der Waals surface area contributed by atoms with Crippen LogP contribution in [0.15, 0.2) is 9.85 Å². The second-order valence-corrected chi connectivity index (χ2v) is 7.72. The molecule has 8 heteroatoms. The third kappa shape index (κ3) is 3.14. The van der Waals surface area contributed by atoms with Gasteiger partial charge in [0.25, 0.3) is 0 Å². The van der Waals surface area contributed by atoms with Crippen LogP contribution < -0.4 is 5.32 Å². The summed E-state index contributed by atoms with van der Waals surface area (Å²) in [5.74, 6) is -3.30. The second kappa shape index (κ2) is 6.06. The zero-order valence-electron chi connectivity index (χ0n) is 11.4. The molecule has 0 bridgehead atoms. The van der Waals surface area contributed by atoms with Gasteiger partial charge in [-0.25, -0.2) is 0 Å². The van der Waals surface area contributed by atoms with Gasteiger partial charge in [-0.2, -0.15) is 0 Å². The van der Waals surface area contributed by atoms with Crippen molar-refractivity contribution < 1.29 is 19.1 Å². The average Bonchev–Trinajstić information content (AvgIpc) is 2.68. The van der Waals surface area contributed by atoms with Crippen molar-refractivity contribution in [2.24, 2.45) is 5.92 Å². The fourth-order valence-corrected chi connectivity index (χ4v) is 4.52. The maximum Gasteiger partial charge on any atom is 0.326 e. The average molecular weight is 395 g/mol. The van der Waals surface area contributed by atoms with E-state index in [1.54, 1.807) is 19.9 Å². The van der Waals surface area contributed by atoms with Crippen molar-refractivity contribution >= 4 is 56.5 Å². The third-order valence-corrected chi connectivity index (χ3v) is 5.50. The Morgan fingerprint density at radius 1 is 1.62 bits per heavy atom. The molecule has 1 amide bonds. The summed E-state index contributed by atoms with van der Waals surface area (Å²) in [7, 11) is 0. The van der Waals surface area contributed by atoms with Gasteiger partial charge in [-0.15, -0.1) is 11.3 Å². The highest BCUT2D eigenvalue weighted by molar-refractivity contribution is 9.11. The van der Waals surface area contributed by atoms with Crippen LogP contribution in [-0.4, -0.2) is 24.3 Å². The van der Waals surface area contributed by atoms with Crippen molar-refractivity contribution in [1.29, 1.82) is 0 Å². The molecule has 1 aliphatic heterocycles. The molecule has 1 unspecified atom stereocenters. The SMILES string of the molecule is CCOC(=O)C1C(=O)C[C@@](C)(c2sc(Br)cc2Cl)NC1=O. The van der Waals surface area contributed by atoms with Gasteiger partial charge in [0, 0.05) is 11.3 Å². The maximum atomic E-state index is 12.2. The minimum absolute atomic E-state index is 0.00507. The predicted octanol–water partition coefficient (Wildman–Crippen LogP) is 2.65. The van der Waals surface area contributed by atoms with Gasteiger partial charge < -0.3 is 10.1 Å². The van der Waals surface area contributed by atoms with E-state index >= 15 is 0 Å². The molecule has 0 aromatic carbocycles. The molecule has 0 radical (unpaired) electrons. The highest BCUT2D eigenvalue weighted by atomic mass is 79.9. The van der Waals surface area contributed by atoms with E-state index in [4.69, 9.17) is 16.3 Å². The van der Waals surface area contributed by atoms with Gasteiger partial charge in [-0.1, -0.05) is 11.6 Å². The second-order valence-electron chi connectivity index (χ2n) is 4.88. The number of amides is 1. The summed E-state index contributed by atoms with van der Waals surface area (Å²) in [6, 6.07) is 1.71. The van der Waals surface area contributed by atoms with Crippen molar-refractivity contribution in [3.8, 4) is 0 Å². The summed E-state index contributed by atoms with van der Waals surface area (Å²) in [5, 5.41) is 3.20. The molecule has 2 rings (SSSR count). The standard InChI is InChI=1S/C13H13BrClNO4S/c1-3-20-12(19)9-7(17)5-13(2,16-11(9)18)10-6(15)4-8(14)21-10/h4,9H,3,5H2,1-2H3,(H,16,18)/t9?,13-/m0/s1. The lowest BCUT2D eigenvalue weighted by molar-refractivity contribution is -0.158. The summed E-state index contributed by atoms with van der Waals surface area (Å²) in [4.78, 5) is 36.7. The first-order valence-electron chi connectivity index (χ1n) is 6.25. The third-order valence-electron chi connectivity index (χ3n) is 3.19. The van der Waals surface area contributed by atoms with Gasteiger partial charge in [0.05, 0.1) is 21.0 Å². The van der Waals surface area contributed by atoms with Crippen LogP contribution in [-0.2, 0) is 24.7 Å². The Morgan fingerprint density at radius 2 is 2.29 bits per heavy atom. The van der Waals surface area contributed by atoms with E-state index in [1.807, 2.05) is 0 Å². The zero-order valence-corrected chi connectivity index (χ0v) is 14.5. The number of esters is 1. The Labute approximate surface area is 139 Å². The smallest absolute Gasteiger partial charge is 0.326 e. The number of halogens is 2. The first-order chi connectivity index (χ1) is 9.78. The van der Waals surface area contributed by atoms with Crippen LogP contribution >= 0.6 is 38.9 Å². The molecular weight excluding hydrogens is 382 g/mol. The predicted molar refractivity (Wildman–Crippen MR) is 82.3 cm³/mol. The number of ketones is 1. The molecular formula is C13H13BrClNO4S. The largest absolute Gasteiger partial charge is 0.465 e. The molecule has 1 fully saturated rings. The minimum atomic E-state index is -1.39. The number of nitrogens with one attached hydrogen (secondary N) is 1. The highest BCUT2D eigenvalue weighted by Gasteiger charge is 2.48. The van der Waals surface area contributed by atoms with Gasteiger partial charge in [0.1, 0.15) is 0 Å². The van der Waals surface area contributed by atoms with Crippen LogP contribution in [0.25, 0.3) is 0 Å². The quantitative estimate of drug-likeness (QED) is 0.632. The van der Waals surface area contributed by atoms with Gasteiger partial charge in [0.2, 0.25) is 5.91 Å². The molecule has 1 aliphatic rings. The molecule has 114 valence electrons. The Morgan fingerprint density at radius 3 is 2.76 bits per heavy atom. The summed E-state index contributed by atoms with van der Waals surface area (Å²) < 4.78 is 5.58. The summed E-state index contributed by atoms with van der Waals surface area (Å²) in [6.45, 7) is 3.46. The highest BCUT2D eigenvalue weighted by Crippen LogP contribution is 2.42. The molecule has 0 aliphatic carbocycles. The van der Waals surface area contributed by atoms with Crippen molar-refractivity contribution in [2.75, 3.05) is 6.61 Å². The van der Waals surface area contributed by atoms with Crippen LogP contribution in [0.3, 0.4) is 0 Å². The lowest BCUT2D eigenvalue weighted by atomic mass is 9.83. The summed E-state index contributed by atoms with van der Waals surface area (Å²) in [5.41, 5.74) is -0.912. The van der Waals surface area contributed by atoms with Crippen LogP contribution in [0.1, 0.15) is 25.1 Å². The molecule has 1 saturated heterocycles. The molecule has 0 saturated carbocycles. The van der Waals surface area contributed by atoms with Gasteiger partial charge in [-0.05, 0) is 35.8 Å². The number of ether oxygens (including phenoxy) is 1. The summed E-state index contributed by atoms with van der Waals surface area (Å²) >= 11 is 10.8. The Kier molecular flexibility index (Phi) is 4.75. The molecule has 2 heterocycles. The van der Waals surface area contributed by atoms with Crippen molar-refractivity contribution in [3.63, 3.8) is 0 Å². The molecule has 1 N–H and O–H groups in total. The van der Waals surface area contributed by atoms with Gasteiger partial charge in [0.15, 0.2) is 11.7 Å². The molecule has 0 spiro atoms. The first-order valence-corrected chi connectivity index (χ1v) is 8.24. The monoisotopic (exact) mass is 393 g/mol. The molecule has 1 aromatic rings. The van der Waals surface area contributed by atoms with Gasteiger partial charge >= 0.3 is 5.97 Å². The van der Waals surface area contributed by atoms with E-state index < -0.39 is 29.1 Å². The lowest BCUT2D eigenvalue weighted by Crippen LogP contribution is -2.56. The fourth-order valence-electron chi connectivity index (χ4n) is 2.30. The number of rotatable bonds is 3. The molecule has 5 nitrogen and oxygen atoms in total. The lowest BCUT2D eigenvalue weighted by Gasteiger charge is -2.35. The minimum Gasteiger partial charge on any atom is -0.465 e. The maximum absolute atomic E-state index is 12.2. The normalized spacial score (nSPS) is 25.6. The van der Waals surface area contributed by atoms with Crippen LogP contribution in [0.4, 0.5) is 0 Å². The molecule has 2 atom stereocenters. The van der Waals surface area contributed by atoms with Gasteiger partial charge in [-0.3, -0.25) is 14.4 Å². The van der Waals surface area contributed by atoms with Crippen LogP contribution in [0.2, 0.25) is 5.02 Å². The Hall–Kier alpha value is -0.920. The number of hydrogen-bond donors (Lipinski definition) is 1. The number of carbonyl (C=O) groups excluding carboxylic acids is 3. The molecule has 21 heavy (non-hydrogen) atoms. The van der Waals surface area contributed by atoms with E-state index in [2.05, 4.69) is 21.2 Å². The number of hydrogen-bond acceptors (Lipinski definition) is 5. The van der Waals surface area contributed by atoms with Crippen LogP contribution in [0, 0.1) is 5.92 Å². The topological polar surface area (TPSA) is 72.5 Å². The van der Waals surface area contributed by atoms with Crippen molar-refractivity contribution in [3.05, 3.63) is 19.8 Å². The van der Waals surface area contributed by atoms with E-state index in [9.17, 15) is 14.4 Å². The first kappa shape index (κ1) is 16.5. The fraction of sp³-hybridized carbons (Fsp3) is 0.462. The number of thiophene rings is 1. The number of Topliss-reactive ketones (excluding diaryl/α,β-unsaturated/α-hetero) is 1. The van der Waals surface area contributed by atoms with Crippen LogP contribution in [0.5, 0.6) is 0 Å². The zero-order chi connectivity index (χ0) is 15.8. The van der Waals surface area contributed by atoms with E-state index in [-0.39, 0.29) is 13.0 Å². The molecule has 1 aromatic heterocycles.